The van der Waals surface area contributed by atoms with E-state index in [1.165, 1.54) is 0 Å². The summed E-state index contributed by atoms with van der Waals surface area (Å²) in [6.07, 6.45) is 4.18. The summed E-state index contributed by atoms with van der Waals surface area (Å²) in [7, 11) is 0. The Morgan fingerprint density at radius 1 is 1.20 bits per heavy atom. The highest BCUT2D eigenvalue weighted by Crippen LogP contribution is 2.25. The Balaban J connectivity index is 1.47. The van der Waals surface area contributed by atoms with Crippen LogP contribution in [0.25, 0.3) is 0 Å². The summed E-state index contributed by atoms with van der Waals surface area (Å²) in [5.74, 6) is 1.11. The molecule has 0 spiro atoms. The number of hydrogen-bond acceptors (Lipinski definition) is 4. The summed E-state index contributed by atoms with van der Waals surface area (Å²) in [4.78, 5) is 16.9. The number of aliphatic hydroxyl groups is 1. The second-order valence-electron chi connectivity index (χ2n) is 7.02. The quantitative estimate of drug-likeness (QED) is 0.857. The van der Waals surface area contributed by atoms with Crippen LogP contribution in [-0.2, 0) is 11.2 Å². The number of aliphatic hydroxyl groups excluding tert-OH is 1. The summed E-state index contributed by atoms with van der Waals surface area (Å²) in [6, 6.07) is 8.27. The Morgan fingerprint density at radius 2 is 1.96 bits per heavy atom. The SMILES string of the molecule is CCOc1ccccc1CCC(=O)N1CCN([C@@H]2CCC[C@H]2O)CC1. The molecule has 1 aliphatic carbocycles. The molecule has 2 atom stereocenters. The Morgan fingerprint density at radius 3 is 2.64 bits per heavy atom. The normalized spacial score (nSPS) is 24.5. The number of piperazine rings is 1. The lowest BCUT2D eigenvalue weighted by Gasteiger charge is -2.39. The summed E-state index contributed by atoms with van der Waals surface area (Å²) in [5.41, 5.74) is 1.10. The molecule has 0 unspecified atom stereocenters. The van der Waals surface area contributed by atoms with Crippen molar-refractivity contribution < 1.29 is 14.6 Å². The first kappa shape index (κ1) is 18.2. The van der Waals surface area contributed by atoms with Crippen molar-refractivity contribution in [2.24, 2.45) is 0 Å². The van der Waals surface area contributed by atoms with E-state index in [0.717, 1.165) is 63.2 Å². The predicted octanol–water partition coefficient (Wildman–Crippen LogP) is 2.08. The van der Waals surface area contributed by atoms with Gasteiger partial charge < -0.3 is 14.7 Å². The van der Waals surface area contributed by atoms with Crippen molar-refractivity contribution in [1.29, 1.82) is 0 Å². The molecule has 1 aromatic carbocycles. The molecule has 1 aromatic rings. The van der Waals surface area contributed by atoms with Crippen molar-refractivity contribution in [2.45, 2.75) is 51.2 Å². The first-order chi connectivity index (χ1) is 12.2. The van der Waals surface area contributed by atoms with Gasteiger partial charge in [-0.1, -0.05) is 18.2 Å². The number of ether oxygens (including phenoxy) is 1. The summed E-state index contributed by atoms with van der Waals surface area (Å²) in [5, 5.41) is 10.1. The van der Waals surface area contributed by atoms with Crippen molar-refractivity contribution in [3.63, 3.8) is 0 Å². The number of carbonyl (C=O) groups excluding carboxylic acids is 1. The van der Waals surface area contributed by atoms with Gasteiger partial charge in [0.25, 0.3) is 0 Å². The molecule has 138 valence electrons. The van der Waals surface area contributed by atoms with Gasteiger partial charge in [-0.3, -0.25) is 9.69 Å². The van der Waals surface area contributed by atoms with Crippen LogP contribution >= 0.6 is 0 Å². The van der Waals surface area contributed by atoms with E-state index < -0.39 is 0 Å². The predicted molar refractivity (Wildman–Crippen MR) is 97.7 cm³/mol. The Bertz CT molecular complexity index is 570. The molecule has 5 nitrogen and oxygen atoms in total. The second-order valence-corrected chi connectivity index (χ2v) is 7.02. The number of amides is 1. The maximum absolute atomic E-state index is 12.6. The number of hydrogen-bond donors (Lipinski definition) is 1. The van der Waals surface area contributed by atoms with Crippen LogP contribution in [0.1, 0.15) is 38.2 Å². The average Bonchev–Trinajstić information content (AvgIpc) is 3.07. The Hall–Kier alpha value is -1.59. The van der Waals surface area contributed by atoms with Crippen LogP contribution in [0, 0.1) is 0 Å². The molecule has 1 heterocycles. The molecule has 0 bridgehead atoms. The third kappa shape index (κ3) is 4.53. The van der Waals surface area contributed by atoms with Crippen LogP contribution in [-0.4, -0.2) is 65.7 Å². The van der Waals surface area contributed by atoms with Crippen LogP contribution in [0.3, 0.4) is 0 Å². The van der Waals surface area contributed by atoms with E-state index in [2.05, 4.69) is 4.90 Å². The number of nitrogens with zero attached hydrogens (tertiary/aromatic N) is 2. The number of carbonyl (C=O) groups is 1. The minimum atomic E-state index is -0.183. The molecular formula is C20H30N2O3. The maximum Gasteiger partial charge on any atom is 0.222 e. The largest absolute Gasteiger partial charge is 0.494 e. The molecule has 1 aliphatic heterocycles. The summed E-state index contributed by atoms with van der Waals surface area (Å²) < 4.78 is 5.64. The van der Waals surface area contributed by atoms with Crippen LogP contribution in [0.4, 0.5) is 0 Å². The topological polar surface area (TPSA) is 53.0 Å². The van der Waals surface area contributed by atoms with E-state index in [4.69, 9.17) is 4.74 Å². The monoisotopic (exact) mass is 346 g/mol. The van der Waals surface area contributed by atoms with Gasteiger partial charge in [0, 0.05) is 38.6 Å². The highest BCUT2D eigenvalue weighted by Gasteiger charge is 2.33. The zero-order chi connectivity index (χ0) is 17.6. The molecule has 1 N–H and O–H groups in total. The summed E-state index contributed by atoms with van der Waals surface area (Å²) in [6.45, 7) is 5.92. The van der Waals surface area contributed by atoms with Gasteiger partial charge in [0.2, 0.25) is 5.91 Å². The maximum atomic E-state index is 12.6. The first-order valence-electron chi connectivity index (χ1n) is 9.59. The first-order valence-corrected chi connectivity index (χ1v) is 9.59. The molecule has 2 aliphatic rings. The van der Waals surface area contributed by atoms with E-state index in [-0.39, 0.29) is 12.0 Å². The lowest BCUT2D eigenvalue weighted by molar-refractivity contribution is -0.133. The molecule has 0 aromatic heterocycles. The van der Waals surface area contributed by atoms with Gasteiger partial charge in [-0.25, -0.2) is 0 Å². The molecule has 1 amide bonds. The van der Waals surface area contributed by atoms with Gasteiger partial charge in [-0.15, -0.1) is 0 Å². The van der Waals surface area contributed by atoms with E-state index in [1.54, 1.807) is 0 Å². The highest BCUT2D eigenvalue weighted by atomic mass is 16.5. The lowest BCUT2D eigenvalue weighted by Crippen LogP contribution is -2.53. The molecular weight excluding hydrogens is 316 g/mol. The van der Waals surface area contributed by atoms with Crippen LogP contribution in [0.2, 0.25) is 0 Å². The van der Waals surface area contributed by atoms with Crippen molar-refractivity contribution in [3.8, 4) is 5.75 Å². The molecule has 3 rings (SSSR count). The van der Waals surface area contributed by atoms with E-state index in [9.17, 15) is 9.90 Å². The molecule has 2 fully saturated rings. The van der Waals surface area contributed by atoms with Gasteiger partial charge in [-0.05, 0) is 44.2 Å². The van der Waals surface area contributed by atoms with Crippen LogP contribution < -0.4 is 4.74 Å². The second kappa shape index (κ2) is 8.68. The van der Waals surface area contributed by atoms with Gasteiger partial charge >= 0.3 is 0 Å². The standard InChI is InChI=1S/C20H30N2O3/c1-2-25-19-9-4-3-6-16(19)10-11-20(24)22-14-12-21(13-15-22)17-7-5-8-18(17)23/h3-4,6,9,17-18,23H,2,5,7-8,10-15H2,1H3/t17-,18-/m1/s1. The molecule has 1 saturated carbocycles. The van der Waals surface area contributed by atoms with Gasteiger partial charge in [0.1, 0.15) is 5.75 Å². The fraction of sp³-hybridized carbons (Fsp3) is 0.650. The molecule has 5 heteroatoms. The van der Waals surface area contributed by atoms with Gasteiger partial charge in [-0.2, -0.15) is 0 Å². The minimum Gasteiger partial charge on any atom is -0.494 e. The summed E-state index contributed by atoms with van der Waals surface area (Å²) >= 11 is 0. The number of rotatable bonds is 6. The zero-order valence-corrected chi connectivity index (χ0v) is 15.2. The highest BCUT2D eigenvalue weighted by molar-refractivity contribution is 5.76. The third-order valence-electron chi connectivity index (χ3n) is 5.46. The Kier molecular flexibility index (Phi) is 6.32. The lowest BCUT2D eigenvalue weighted by atomic mass is 10.1. The van der Waals surface area contributed by atoms with Crippen LogP contribution in [0.15, 0.2) is 24.3 Å². The van der Waals surface area contributed by atoms with Crippen LogP contribution in [0.5, 0.6) is 5.75 Å². The number of aryl methyl sites for hydroxylation is 1. The van der Waals surface area contributed by atoms with Crippen molar-refractivity contribution in [3.05, 3.63) is 29.8 Å². The molecule has 25 heavy (non-hydrogen) atoms. The Labute approximate surface area is 150 Å². The third-order valence-corrected chi connectivity index (χ3v) is 5.46. The fourth-order valence-corrected chi connectivity index (χ4v) is 4.06. The smallest absolute Gasteiger partial charge is 0.222 e. The van der Waals surface area contributed by atoms with Crippen molar-refractivity contribution >= 4 is 5.91 Å². The average molecular weight is 346 g/mol. The van der Waals surface area contributed by atoms with Gasteiger partial charge in [0.15, 0.2) is 0 Å². The van der Waals surface area contributed by atoms with Crippen molar-refractivity contribution in [1.82, 2.24) is 9.80 Å². The number of para-hydroxylation sites is 1. The fourth-order valence-electron chi connectivity index (χ4n) is 4.06. The van der Waals surface area contributed by atoms with E-state index >= 15 is 0 Å². The molecule has 1 saturated heterocycles. The van der Waals surface area contributed by atoms with Gasteiger partial charge in [0.05, 0.1) is 12.7 Å². The zero-order valence-electron chi connectivity index (χ0n) is 15.2. The number of benzene rings is 1. The molecule has 0 radical (unpaired) electrons. The van der Waals surface area contributed by atoms with E-state index in [1.807, 2.05) is 36.1 Å². The van der Waals surface area contributed by atoms with E-state index in [0.29, 0.717) is 19.1 Å². The minimum absolute atomic E-state index is 0.183. The van der Waals surface area contributed by atoms with Crippen molar-refractivity contribution in [2.75, 3.05) is 32.8 Å².